The Hall–Kier alpha value is -1.64. The van der Waals surface area contributed by atoms with Crippen LogP contribution in [0.15, 0.2) is 54.6 Å². The Morgan fingerprint density at radius 2 is 1.83 bits per heavy atom. The van der Waals surface area contributed by atoms with Gasteiger partial charge in [0, 0.05) is 13.1 Å². The highest BCUT2D eigenvalue weighted by Gasteiger charge is 2.34. The molecule has 2 aliphatic rings. The Kier molecular flexibility index (Phi) is 4.68. The zero-order valence-electron chi connectivity index (χ0n) is 14.6. The van der Waals surface area contributed by atoms with Gasteiger partial charge in [-0.25, -0.2) is 0 Å². The average molecular weight is 320 g/mol. The molecule has 1 N–H and O–H groups in total. The number of hydrogen-bond donors (Lipinski definition) is 1. The summed E-state index contributed by atoms with van der Waals surface area (Å²) in [6.07, 6.45) is 5.65. The van der Waals surface area contributed by atoms with Crippen LogP contribution in [-0.2, 0) is 6.42 Å². The summed E-state index contributed by atoms with van der Waals surface area (Å²) in [5.74, 6) is 1.35. The van der Waals surface area contributed by atoms with Crippen LogP contribution in [0.25, 0.3) is 0 Å². The lowest BCUT2D eigenvalue weighted by atomic mass is 9.82. The molecule has 1 heterocycles. The van der Waals surface area contributed by atoms with Crippen LogP contribution in [0, 0.1) is 0 Å². The van der Waals surface area contributed by atoms with E-state index in [9.17, 15) is 0 Å². The Morgan fingerprint density at radius 1 is 1.04 bits per heavy atom. The van der Waals surface area contributed by atoms with Gasteiger partial charge < -0.3 is 5.32 Å². The van der Waals surface area contributed by atoms with Gasteiger partial charge in [0.1, 0.15) is 0 Å². The molecule has 2 heteroatoms. The Morgan fingerprint density at radius 3 is 2.67 bits per heavy atom. The summed E-state index contributed by atoms with van der Waals surface area (Å²) in [6, 6.07) is 20.1. The van der Waals surface area contributed by atoms with Crippen molar-refractivity contribution >= 4 is 0 Å². The lowest BCUT2D eigenvalue weighted by Crippen LogP contribution is -2.41. The zero-order valence-corrected chi connectivity index (χ0v) is 14.6. The minimum Gasteiger partial charge on any atom is -0.305 e. The van der Waals surface area contributed by atoms with E-state index >= 15 is 0 Å². The first-order valence-electron chi connectivity index (χ1n) is 9.39. The molecular formula is C22H28N2. The van der Waals surface area contributed by atoms with E-state index in [4.69, 9.17) is 0 Å². The van der Waals surface area contributed by atoms with Crippen molar-refractivity contribution in [3.8, 4) is 0 Å². The van der Waals surface area contributed by atoms with Gasteiger partial charge in [0.2, 0.25) is 0 Å². The van der Waals surface area contributed by atoms with Crippen molar-refractivity contribution in [2.45, 2.75) is 43.7 Å². The Labute approximate surface area is 145 Å². The highest BCUT2D eigenvalue weighted by molar-refractivity contribution is 5.33. The van der Waals surface area contributed by atoms with E-state index in [2.05, 4.69) is 71.9 Å². The highest BCUT2D eigenvalue weighted by atomic mass is 15.3. The molecular weight excluding hydrogens is 292 g/mol. The molecule has 2 aromatic rings. The number of nitrogens with one attached hydrogen (secondary N) is 1. The molecule has 0 saturated carbocycles. The predicted octanol–water partition coefficient (Wildman–Crippen LogP) is 4.14. The maximum absolute atomic E-state index is 3.55. The fourth-order valence-electron chi connectivity index (χ4n) is 4.70. The fourth-order valence-corrected chi connectivity index (χ4v) is 4.70. The van der Waals surface area contributed by atoms with Gasteiger partial charge in [-0.05, 0) is 61.3 Å². The highest BCUT2D eigenvalue weighted by Crippen LogP contribution is 2.36. The molecule has 1 saturated heterocycles. The van der Waals surface area contributed by atoms with Crippen molar-refractivity contribution in [2.75, 3.05) is 20.1 Å². The van der Waals surface area contributed by atoms with Crippen LogP contribution >= 0.6 is 0 Å². The first-order valence-corrected chi connectivity index (χ1v) is 9.39. The van der Waals surface area contributed by atoms with Crippen molar-refractivity contribution in [3.63, 3.8) is 0 Å². The maximum atomic E-state index is 3.55. The summed E-state index contributed by atoms with van der Waals surface area (Å²) < 4.78 is 0. The molecule has 2 aromatic carbocycles. The van der Waals surface area contributed by atoms with Gasteiger partial charge in [0.25, 0.3) is 0 Å². The monoisotopic (exact) mass is 320 g/mol. The van der Waals surface area contributed by atoms with Crippen LogP contribution < -0.4 is 5.32 Å². The third-order valence-electron chi connectivity index (χ3n) is 5.96. The molecule has 126 valence electrons. The van der Waals surface area contributed by atoms with Crippen molar-refractivity contribution in [2.24, 2.45) is 0 Å². The SMILES string of the molecule is CNC1CC(c2ccccc2)CN1CC1CCCc2ccccc21. The van der Waals surface area contributed by atoms with E-state index in [1.165, 1.54) is 44.3 Å². The van der Waals surface area contributed by atoms with Crippen molar-refractivity contribution in [1.29, 1.82) is 0 Å². The largest absolute Gasteiger partial charge is 0.305 e. The number of nitrogens with zero attached hydrogens (tertiary/aromatic N) is 1. The molecule has 0 spiro atoms. The summed E-state index contributed by atoms with van der Waals surface area (Å²) in [4.78, 5) is 2.68. The summed E-state index contributed by atoms with van der Waals surface area (Å²) in [5.41, 5.74) is 4.67. The molecule has 0 amide bonds. The molecule has 1 aliphatic carbocycles. The molecule has 24 heavy (non-hydrogen) atoms. The smallest absolute Gasteiger partial charge is 0.0601 e. The molecule has 3 unspecified atom stereocenters. The van der Waals surface area contributed by atoms with Gasteiger partial charge in [-0.15, -0.1) is 0 Å². The van der Waals surface area contributed by atoms with Crippen LogP contribution in [0.5, 0.6) is 0 Å². The number of fused-ring (bicyclic) bond motifs is 1. The summed E-state index contributed by atoms with van der Waals surface area (Å²) in [6.45, 7) is 2.36. The van der Waals surface area contributed by atoms with Crippen molar-refractivity contribution in [3.05, 3.63) is 71.3 Å². The zero-order chi connectivity index (χ0) is 16.4. The second kappa shape index (κ2) is 7.08. The average Bonchev–Trinajstić information content (AvgIpc) is 3.06. The molecule has 1 aliphatic heterocycles. The van der Waals surface area contributed by atoms with Crippen LogP contribution in [-0.4, -0.2) is 31.2 Å². The van der Waals surface area contributed by atoms with Crippen molar-refractivity contribution < 1.29 is 0 Å². The van der Waals surface area contributed by atoms with E-state index < -0.39 is 0 Å². The van der Waals surface area contributed by atoms with Gasteiger partial charge in [0.15, 0.2) is 0 Å². The second-order valence-electron chi connectivity index (χ2n) is 7.39. The first kappa shape index (κ1) is 15.9. The number of likely N-dealkylation sites (tertiary alicyclic amines) is 1. The molecule has 1 fully saturated rings. The quantitative estimate of drug-likeness (QED) is 0.911. The topological polar surface area (TPSA) is 15.3 Å². The normalized spacial score (nSPS) is 27.1. The molecule has 4 rings (SSSR count). The minimum atomic E-state index is 0.504. The lowest BCUT2D eigenvalue weighted by molar-refractivity contribution is 0.207. The van der Waals surface area contributed by atoms with Crippen LogP contribution in [0.4, 0.5) is 0 Å². The van der Waals surface area contributed by atoms with Crippen molar-refractivity contribution in [1.82, 2.24) is 10.2 Å². The standard InChI is InChI=1S/C22H28N2/c1-23-22-14-20(17-8-3-2-4-9-17)16-24(22)15-19-12-7-11-18-10-5-6-13-21(18)19/h2-6,8-10,13,19-20,22-23H,7,11-12,14-16H2,1H3. The Balaban J connectivity index is 1.50. The van der Waals surface area contributed by atoms with Gasteiger partial charge in [-0.2, -0.15) is 0 Å². The fraction of sp³-hybridized carbons (Fsp3) is 0.455. The third kappa shape index (κ3) is 3.13. The van der Waals surface area contributed by atoms with E-state index in [0.717, 1.165) is 0 Å². The van der Waals surface area contributed by atoms with E-state index in [-0.39, 0.29) is 0 Å². The first-order chi connectivity index (χ1) is 11.8. The van der Waals surface area contributed by atoms with Crippen LogP contribution in [0.1, 0.15) is 47.8 Å². The second-order valence-corrected chi connectivity index (χ2v) is 7.39. The number of aryl methyl sites for hydroxylation is 1. The predicted molar refractivity (Wildman–Crippen MR) is 100 cm³/mol. The summed E-state index contributed by atoms with van der Waals surface area (Å²) >= 11 is 0. The Bertz CT molecular complexity index is 667. The molecule has 0 radical (unpaired) electrons. The maximum Gasteiger partial charge on any atom is 0.0601 e. The number of rotatable bonds is 4. The van der Waals surface area contributed by atoms with Gasteiger partial charge in [0.05, 0.1) is 6.17 Å². The van der Waals surface area contributed by atoms with E-state index in [0.29, 0.717) is 18.0 Å². The van der Waals surface area contributed by atoms with Gasteiger partial charge in [-0.3, -0.25) is 4.90 Å². The lowest BCUT2D eigenvalue weighted by Gasteiger charge is -2.32. The van der Waals surface area contributed by atoms with Gasteiger partial charge in [-0.1, -0.05) is 54.6 Å². The van der Waals surface area contributed by atoms with Crippen LogP contribution in [0.2, 0.25) is 0 Å². The number of hydrogen-bond acceptors (Lipinski definition) is 2. The number of benzene rings is 2. The van der Waals surface area contributed by atoms with E-state index in [1.807, 2.05) is 0 Å². The summed E-state index contributed by atoms with van der Waals surface area (Å²) in [5, 5.41) is 3.55. The summed E-state index contributed by atoms with van der Waals surface area (Å²) in [7, 11) is 2.11. The molecule has 0 aromatic heterocycles. The third-order valence-corrected chi connectivity index (χ3v) is 5.96. The van der Waals surface area contributed by atoms with Crippen LogP contribution in [0.3, 0.4) is 0 Å². The minimum absolute atomic E-state index is 0.504. The molecule has 0 bridgehead atoms. The van der Waals surface area contributed by atoms with E-state index in [1.54, 1.807) is 11.1 Å². The molecule has 3 atom stereocenters. The molecule has 2 nitrogen and oxygen atoms in total. The van der Waals surface area contributed by atoms with Gasteiger partial charge >= 0.3 is 0 Å².